The van der Waals surface area contributed by atoms with Gasteiger partial charge in [-0.25, -0.2) is 0 Å². The van der Waals surface area contributed by atoms with Crippen molar-refractivity contribution in [1.82, 2.24) is 5.32 Å². The standard InChI is InChI=1S/C16H21NO4/c1-16(2)8-20-13-4-3-10(6-14(13)21-9-16)12-5-11(7-17-12)15(18)19/h3-4,6,11-12,17H,5,7-9H2,1-2H3,(H,18,19). The first kappa shape index (κ1) is 14.2. The molecule has 2 unspecified atom stereocenters. The topological polar surface area (TPSA) is 67.8 Å². The molecule has 0 aliphatic carbocycles. The molecule has 0 aromatic heterocycles. The van der Waals surface area contributed by atoms with Gasteiger partial charge in [-0.15, -0.1) is 0 Å². The molecule has 1 aromatic carbocycles. The van der Waals surface area contributed by atoms with Crippen LogP contribution in [-0.2, 0) is 4.79 Å². The van der Waals surface area contributed by atoms with E-state index in [-0.39, 0.29) is 17.4 Å². The van der Waals surface area contributed by atoms with Crippen molar-refractivity contribution in [2.45, 2.75) is 26.3 Å². The zero-order chi connectivity index (χ0) is 15.0. The number of aliphatic carboxylic acids is 1. The Kier molecular flexibility index (Phi) is 3.53. The minimum Gasteiger partial charge on any atom is -0.489 e. The number of carbonyl (C=O) groups is 1. The van der Waals surface area contributed by atoms with E-state index >= 15 is 0 Å². The van der Waals surface area contributed by atoms with Crippen LogP contribution >= 0.6 is 0 Å². The highest BCUT2D eigenvalue weighted by atomic mass is 16.5. The molecule has 3 rings (SSSR count). The number of hydrogen-bond donors (Lipinski definition) is 2. The first-order chi connectivity index (χ1) is 9.94. The summed E-state index contributed by atoms with van der Waals surface area (Å²) < 4.78 is 11.7. The first-order valence-corrected chi connectivity index (χ1v) is 7.30. The van der Waals surface area contributed by atoms with E-state index in [1.54, 1.807) is 0 Å². The molecule has 0 spiro atoms. The Morgan fingerprint density at radius 2 is 2.00 bits per heavy atom. The van der Waals surface area contributed by atoms with E-state index in [1.807, 2.05) is 18.2 Å². The second kappa shape index (κ2) is 5.22. The highest BCUT2D eigenvalue weighted by Crippen LogP contribution is 2.37. The van der Waals surface area contributed by atoms with Crippen LogP contribution in [0.25, 0.3) is 0 Å². The van der Waals surface area contributed by atoms with Gasteiger partial charge in [-0.1, -0.05) is 19.9 Å². The molecule has 5 heteroatoms. The third-order valence-electron chi connectivity index (χ3n) is 4.09. The van der Waals surface area contributed by atoms with E-state index in [9.17, 15) is 4.79 Å². The Balaban J connectivity index is 1.78. The van der Waals surface area contributed by atoms with Gasteiger partial charge in [-0.05, 0) is 24.1 Å². The predicted octanol–water partition coefficient (Wildman–Crippen LogP) is 2.22. The van der Waals surface area contributed by atoms with Crippen molar-refractivity contribution in [2.75, 3.05) is 19.8 Å². The van der Waals surface area contributed by atoms with Crippen molar-refractivity contribution in [1.29, 1.82) is 0 Å². The largest absolute Gasteiger partial charge is 0.489 e. The molecule has 1 fully saturated rings. The van der Waals surface area contributed by atoms with E-state index in [0.717, 1.165) is 17.1 Å². The summed E-state index contributed by atoms with van der Waals surface area (Å²) in [6, 6.07) is 5.94. The number of nitrogens with one attached hydrogen (secondary N) is 1. The summed E-state index contributed by atoms with van der Waals surface area (Å²) in [5, 5.41) is 12.3. The molecule has 0 amide bonds. The summed E-state index contributed by atoms with van der Waals surface area (Å²) in [5.74, 6) is 0.460. The molecule has 21 heavy (non-hydrogen) atoms. The number of benzene rings is 1. The van der Waals surface area contributed by atoms with Gasteiger partial charge in [-0.3, -0.25) is 4.79 Å². The van der Waals surface area contributed by atoms with Crippen molar-refractivity contribution in [3.8, 4) is 11.5 Å². The summed E-state index contributed by atoms with van der Waals surface area (Å²) in [7, 11) is 0. The van der Waals surface area contributed by atoms with Crippen LogP contribution in [0.1, 0.15) is 31.9 Å². The highest BCUT2D eigenvalue weighted by molar-refractivity contribution is 5.70. The lowest BCUT2D eigenvalue weighted by molar-refractivity contribution is -0.141. The van der Waals surface area contributed by atoms with Gasteiger partial charge in [0.2, 0.25) is 0 Å². The van der Waals surface area contributed by atoms with E-state index in [2.05, 4.69) is 19.2 Å². The Hall–Kier alpha value is -1.75. The zero-order valence-electron chi connectivity index (χ0n) is 12.4. The number of ether oxygens (including phenoxy) is 2. The lowest BCUT2D eigenvalue weighted by atomic mass is 9.97. The fourth-order valence-electron chi connectivity index (χ4n) is 2.74. The summed E-state index contributed by atoms with van der Waals surface area (Å²) >= 11 is 0. The van der Waals surface area contributed by atoms with Gasteiger partial charge in [-0.2, -0.15) is 0 Å². The number of carboxylic acid groups (broad SMARTS) is 1. The highest BCUT2D eigenvalue weighted by Gasteiger charge is 2.31. The van der Waals surface area contributed by atoms with Crippen molar-refractivity contribution in [3.05, 3.63) is 23.8 Å². The molecule has 1 aromatic rings. The second-order valence-corrected chi connectivity index (χ2v) is 6.68. The maximum atomic E-state index is 11.0. The lowest BCUT2D eigenvalue weighted by Crippen LogP contribution is -2.26. The van der Waals surface area contributed by atoms with Crippen LogP contribution in [-0.4, -0.2) is 30.8 Å². The predicted molar refractivity (Wildman–Crippen MR) is 77.7 cm³/mol. The van der Waals surface area contributed by atoms with Crippen LogP contribution in [0.4, 0.5) is 0 Å². The lowest BCUT2D eigenvalue weighted by Gasteiger charge is -2.19. The monoisotopic (exact) mass is 291 g/mol. The van der Waals surface area contributed by atoms with E-state index in [1.165, 1.54) is 0 Å². The summed E-state index contributed by atoms with van der Waals surface area (Å²) in [5.41, 5.74) is 1.04. The molecule has 2 atom stereocenters. The molecule has 0 saturated carbocycles. The second-order valence-electron chi connectivity index (χ2n) is 6.68. The van der Waals surface area contributed by atoms with E-state index in [4.69, 9.17) is 14.6 Å². The molecule has 114 valence electrons. The van der Waals surface area contributed by atoms with E-state index < -0.39 is 5.97 Å². The Labute approximate surface area is 124 Å². The smallest absolute Gasteiger partial charge is 0.307 e. The molecule has 2 heterocycles. The molecule has 2 N–H and O–H groups in total. The zero-order valence-corrected chi connectivity index (χ0v) is 12.4. The van der Waals surface area contributed by atoms with Crippen LogP contribution in [0, 0.1) is 11.3 Å². The van der Waals surface area contributed by atoms with Gasteiger partial charge in [0.1, 0.15) is 0 Å². The quantitative estimate of drug-likeness (QED) is 0.874. The summed E-state index contributed by atoms with van der Waals surface area (Å²) in [6.07, 6.45) is 0.612. The Morgan fingerprint density at radius 3 is 2.67 bits per heavy atom. The maximum Gasteiger partial charge on any atom is 0.307 e. The molecule has 2 aliphatic rings. The third-order valence-corrected chi connectivity index (χ3v) is 4.09. The van der Waals surface area contributed by atoms with Crippen molar-refractivity contribution < 1.29 is 19.4 Å². The SMILES string of the molecule is CC1(C)COc2ccc(C3CC(C(=O)O)CN3)cc2OC1. The molecular weight excluding hydrogens is 270 g/mol. The van der Waals surface area contributed by atoms with Gasteiger partial charge in [0, 0.05) is 18.0 Å². The molecular formula is C16H21NO4. The Morgan fingerprint density at radius 1 is 1.29 bits per heavy atom. The van der Waals surface area contributed by atoms with Crippen molar-refractivity contribution in [3.63, 3.8) is 0 Å². The molecule has 0 bridgehead atoms. The van der Waals surface area contributed by atoms with Crippen molar-refractivity contribution in [2.24, 2.45) is 11.3 Å². The molecule has 1 saturated heterocycles. The maximum absolute atomic E-state index is 11.0. The van der Waals surface area contributed by atoms with Crippen LogP contribution in [0.2, 0.25) is 0 Å². The van der Waals surface area contributed by atoms with Gasteiger partial charge in [0.15, 0.2) is 11.5 Å². The fraction of sp³-hybridized carbons (Fsp3) is 0.562. The van der Waals surface area contributed by atoms with Gasteiger partial charge < -0.3 is 19.9 Å². The van der Waals surface area contributed by atoms with Gasteiger partial charge in [0.05, 0.1) is 19.1 Å². The normalized spacial score (nSPS) is 27.1. The minimum absolute atomic E-state index is 0.0147. The minimum atomic E-state index is -0.735. The average Bonchev–Trinajstić information content (AvgIpc) is 2.88. The Bertz CT molecular complexity index is 555. The molecule has 5 nitrogen and oxygen atoms in total. The van der Waals surface area contributed by atoms with Gasteiger partial charge in [0.25, 0.3) is 0 Å². The van der Waals surface area contributed by atoms with Crippen molar-refractivity contribution >= 4 is 5.97 Å². The molecule has 0 radical (unpaired) electrons. The van der Waals surface area contributed by atoms with Crippen LogP contribution in [0.5, 0.6) is 11.5 Å². The van der Waals surface area contributed by atoms with Gasteiger partial charge >= 0.3 is 5.97 Å². The van der Waals surface area contributed by atoms with Crippen LogP contribution in [0.15, 0.2) is 18.2 Å². The summed E-state index contributed by atoms with van der Waals surface area (Å²) in [4.78, 5) is 11.0. The third kappa shape index (κ3) is 2.97. The number of hydrogen-bond acceptors (Lipinski definition) is 4. The average molecular weight is 291 g/mol. The number of fused-ring (bicyclic) bond motifs is 1. The number of rotatable bonds is 2. The number of carboxylic acids is 1. The fourth-order valence-corrected chi connectivity index (χ4v) is 2.74. The summed E-state index contributed by atoms with van der Waals surface area (Å²) in [6.45, 7) is 5.97. The van der Waals surface area contributed by atoms with Crippen LogP contribution in [0.3, 0.4) is 0 Å². The first-order valence-electron chi connectivity index (χ1n) is 7.30. The molecule has 2 aliphatic heterocycles. The van der Waals surface area contributed by atoms with Crippen LogP contribution < -0.4 is 14.8 Å². The van der Waals surface area contributed by atoms with E-state index in [0.29, 0.717) is 26.2 Å².